The molecule has 0 atom stereocenters. The molecule has 2 rings (SSSR count). The SMILES string of the molecule is C=CCOC(=O)n1ccc2c(C=O)cccc21. The van der Waals surface area contributed by atoms with Crippen LogP contribution in [0.2, 0.25) is 0 Å². The Balaban J connectivity index is 2.46. The summed E-state index contributed by atoms with van der Waals surface area (Å²) in [6.45, 7) is 3.63. The highest BCUT2D eigenvalue weighted by atomic mass is 16.5. The molecular weight excluding hydrogens is 218 g/mol. The van der Waals surface area contributed by atoms with E-state index in [-0.39, 0.29) is 6.61 Å². The topological polar surface area (TPSA) is 48.3 Å². The highest BCUT2D eigenvalue weighted by molar-refractivity contribution is 6.00. The molecule has 0 aliphatic heterocycles. The van der Waals surface area contributed by atoms with Gasteiger partial charge in [0.15, 0.2) is 6.29 Å². The molecule has 0 bridgehead atoms. The van der Waals surface area contributed by atoms with Crippen molar-refractivity contribution in [1.29, 1.82) is 0 Å². The molecule has 0 amide bonds. The summed E-state index contributed by atoms with van der Waals surface area (Å²) in [6.07, 6.45) is 3.37. The maximum Gasteiger partial charge on any atom is 0.418 e. The molecule has 17 heavy (non-hydrogen) atoms. The number of carbonyl (C=O) groups is 2. The normalized spacial score (nSPS) is 10.1. The highest BCUT2D eigenvalue weighted by Gasteiger charge is 2.10. The lowest BCUT2D eigenvalue weighted by Gasteiger charge is -2.04. The van der Waals surface area contributed by atoms with E-state index in [9.17, 15) is 9.59 Å². The number of rotatable bonds is 3. The zero-order chi connectivity index (χ0) is 12.3. The minimum absolute atomic E-state index is 0.159. The molecule has 1 aromatic carbocycles. The second kappa shape index (κ2) is 4.65. The van der Waals surface area contributed by atoms with Crippen LogP contribution in [0.5, 0.6) is 0 Å². The van der Waals surface area contributed by atoms with Gasteiger partial charge in [0.25, 0.3) is 0 Å². The van der Waals surface area contributed by atoms with Gasteiger partial charge in [0, 0.05) is 17.1 Å². The number of benzene rings is 1. The van der Waals surface area contributed by atoms with Crippen molar-refractivity contribution in [2.45, 2.75) is 0 Å². The van der Waals surface area contributed by atoms with E-state index in [1.807, 2.05) is 0 Å². The van der Waals surface area contributed by atoms with Crippen LogP contribution in [0, 0.1) is 0 Å². The van der Waals surface area contributed by atoms with Gasteiger partial charge in [-0.05, 0) is 12.1 Å². The molecular formula is C13H11NO3. The Hall–Kier alpha value is -2.36. The van der Waals surface area contributed by atoms with Gasteiger partial charge in [0.05, 0.1) is 5.52 Å². The van der Waals surface area contributed by atoms with Gasteiger partial charge in [-0.2, -0.15) is 0 Å². The summed E-state index contributed by atoms with van der Waals surface area (Å²) in [5.41, 5.74) is 1.21. The van der Waals surface area contributed by atoms with Crippen LogP contribution in [0.1, 0.15) is 10.4 Å². The molecule has 0 N–H and O–H groups in total. The third-order valence-corrected chi connectivity index (χ3v) is 2.41. The fraction of sp³-hybridized carbons (Fsp3) is 0.0769. The highest BCUT2D eigenvalue weighted by Crippen LogP contribution is 2.19. The molecule has 0 unspecified atom stereocenters. The van der Waals surface area contributed by atoms with Crippen molar-refractivity contribution in [3.8, 4) is 0 Å². The van der Waals surface area contributed by atoms with Crippen molar-refractivity contribution in [3.05, 3.63) is 48.7 Å². The van der Waals surface area contributed by atoms with Crippen LogP contribution in [-0.2, 0) is 4.74 Å². The predicted molar refractivity (Wildman–Crippen MR) is 64.3 cm³/mol. The number of hydrogen-bond acceptors (Lipinski definition) is 3. The fourth-order valence-corrected chi connectivity index (χ4v) is 1.65. The fourth-order valence-electron chi connectivity index (χ4n) is 1.65. The minimum atomic E-state index is -0.483. The van der Waals surface area contributed by atoms with Crippen LogP contribution < -0.4 is 0 Å². The smallest absolute Gasteiger partial charge is 0.418 e. The van der Waals surface area contributed by atoms with E-state index in [0.717, 1.165) is 11.7 Å². The Morgan fingerprint density at radius 3 is 2.94 bits per heavy atom. The van der Waals surface area contributed by atoms with E-state index in [0.29, 0.717) is 11.1 Å². The average molecular weight is 229 g/mol. The van der Waals surface area contributed by atoms with Gasteiger partial charge in [0.2, 0.25) is 0 Å². The quantitative estimate of drug-likeness (QED) is 0.600. The number of carbonyl (C=O) groups excluding carboxylic acids is 2. The molecule has 1 heterocycles. The van der Waals surface area contributed by atoms with Crippen LogP contribution in [0.3, 0.4) is 0 Å². The molecule has 86 valence electrons. The van der Waals surface area contributed by atoms with Crippen LogP contribution in [0.4, 0.5) is 4.79 Å². The van der Waals surface area contributed by atoms with Crippen molar-refractivity contribution in [2.75, 3.05) is 6.61 Å². The Kier molecular flexibility index (Phi) is 3.05. The van der Waals surface area contributed by atoms with E-state index < -0.39 is 6.09 Å². The third kappa shape index (κ3) is 1.97. The number of aromatic nitrogens is 1. The second-order valence-electron chi connectivity index (χ2n) is 3.45. The first kappa shape index (κ1) is 11.1. The Labute approximate surface area is 98.1 Å². The van der Waals surface area contributed by atoms with Gasteiger partial charge in [-0.15, -0.1) is 0 Å². The number of ether oxygens (including phenoxy) is 1. The van der Waals surface area contributed by atoms with E-state index in [4.69, 9.17) is 4.74 Å². The van der Waals surface area contributed by atoms with Crippen molar-refractivity contribution >= 4 is 23.3 Å². The van der Waals surface area contributed by atoms with Crippen LogP contribution >= 0.6 is 0 Å². The summed E-state index contributed by atoms with van der Waals surface area (Å²) in [5.74, 6) is 0. The number of hydrogen-bond donors (Lipinski definition) is 0. The molecule has 2 aromatic rings. The van der Waals surface area contributed by atoms with Crippen molar-refractivity contribution < 1.29 is 14.3 Å². The molecule has 0 aliphatic rings. The zero-order valence-corrected chi connectivity index (χ0v) is 9.13. The summed E-state index contributed by atoms with van der Waals surface area (Å²) >= 11 is 0. The van der Waals surface area contributed by atoms with Crippen molar-refractivity contribution in [2.24, 2.45) is 0 Å². The lowest BCUT2D eigenvalue weighted by Crippen LogP contribution is -2.12. The van der Waals surface area contributed by atoms with E-state index in [2.05, 4.69) is 6.58 Å². The summed E-state index contributed by atoms with van der Waals surface area (Å²) in [6, 6.07) is 6.91. The summed E-state index contributed by atoms with van der Waals surface area (Å²) in [7, 11) is 0. The van der Waals surface area contributed by atoms with Crippen LogP contribution in [0.25, 0.3) is 10.9 Å². The monoisotopic (exact) mass is 229 g/mol. The van der Waals surface area contributed by atoms with E-state index in [1.165, 1.54) is 10.6 Å². The summed E-state index contributed by atoms with van der Waals surface area (Å²) < 4.78 is 6.30. The Bertz CT molecular complexity index is 583. The van der Waals surface area contributed by atoms with Gasteiger partial charge in [0.1, 0.15) is 6.61 Å². The maximum atomic E-state index is 11.7. The minimum Gasteiger partial charge on any atom is -0.445 e. The predicted octanol–water partition coefficient (Wildman–Crippen LogP) is 2.62. The largest absolute Gasteiger partial charge is 0.445 e. The number of aldehydes is 1. The molecule has 1 aromatic heterocycles. The van der Waals surface area contributed by atoms with Gasteiger partial charge >= 0.3 is 6.09 Å². The van der Waals surface area contributed by atoms with E-state index in [1.54, 1.807) is 30.5 Å². The molecule has 0 aliphatic carbocycles. The molecule has 4 heteroatoms. The molecule has 0 fully saturated rings. The first-order chi connectivity index (χ1) is 8.27. The Morgan fingerprint density at radius 1 is 1.41 bits per heavy atom. The van der Waals surface area contributed by atoms with Gasteiger partial charge in [-0.3, -0.25) is 9.36 Å². The molecule has 0 saturated heterocycles. The van der Waals surface area contributed by atoms with Crippen molar-refractivity contribution in [3.63, 3.8) is 0 Å². The van der Waals surface area contributed by atoms with Crippen LogP contribution in [0.15, 0.2) is 43.1 Å². The first-order valence-electron chi connectivity index (χ1n) is 5.11. The molecule has 0 saturated carbocycles. The van der Waals surface area contributed by atoms with Gasteiger partial charge in [-0.25, -0.2) is 4.79 Å². The summed E-state index contributed by atoms with van der Waals surface area (Å²) in [5, 5.41) is 0.734. The zero-order valence-electron chi connectivity index (χ0n) is 9.13. The van der Waals surface area contributed by atoms with Crippen molar-refractivity contribution in [1.82, 2.24) is 4.57 Å². The maximum absolute atomic E-state index is 11.7. The second-order valence-corrected chi connectivity index (χ2v) is 3.45. The van der Waals surface area contributed by atoms with Gasteiger partial charge < -0.3 is 4.74 Å². The number of nitrogens with zero attached hydrogens (tertiary/aromatic N) is 1. The molecule has 4 nitrogen and oxygen atoms in total. The standard InChI is InChI=1S/C13H11NO3/c1-2-8-17-13(16)14-7-6-11-10(9-15)4-3-5-12(11)14/h2-7,9H,1,8H2. The molecule has 0 radical (unpaired) electrons. The molecule has 0 spiro atoms. The van der Waals surface area contributed by atoms with Crippen LogP contribution in [-0.4, -0.2) is 23.6 Å². The average Bonchev–Trinajstić information content (AvgIpc) is 2.79. The lowest BCUT2D eigenvalue weighted by atomic mass is 10.1. The first-order valence-corrected chi connectivity index (χ1v) is 5.11. The summed E-state index contributed by atoms with van der Waals surface area (Å²) in [4.78, 5) is 22.5. The third-order valence-electron chi connectivity index (χ3n) is 2.41. The van der Waals surface area contributed by atoms with E-state index >= 15 is 0 Å². The number of fused-ring (bicyclic) bond motifs is 1. The Morgan fingerprint density at radius 2 is 2.24 bits per heavy atom. The lowest BCUT2D eigenvalue weighted by molar-refractivity contribution is 0.112. The van der Waals surface area contributed by atoms with Gasteiger partial charge in [-0.1, -0.05) is 24.8 Å².